The maximum Gasteiger partial charge on any atom is 0.0739 e. The molecule has 1 aliphatic rings. The van der Waals surface area contributed by atoms with Crippen molar-refractivity contribution in [3.8, 4) is 0 Å². The van der Waals surface area contributed by atoms with Crippen LogP contribution in [0.5, 0.6) is 0 Å². The van der Waals surface area contributed by atoms with Crippen molar-refractivity contribution >= 4 is 0 Å². The average Bonchev–Trinajstić information content (AvgIpc) is 2.10. The van der Waals surface area contributed by atoms with Gasteiger partial charge in [0.2, 0.25) is 0 Å². The van der Waals surface area contributed by atoms with Gasteiger partial charge >= 0.3 is 0 Å². The molecule has 1 heterocycles. The molecule has 0 saturated carbocycles. The van der Waals surface area contributed by atoms with E-state index in [2.05, 4.69) is 18.7 Å². The van der Waals surface area contributed by atoms with Crippen LogP contribution in [0.4, 0.5) is 0 Å². The summed E-state index contributed by atoms with van der Waals surface area (Å²) in [5.41, 5.74) is 0. The third-order valence-electron chi connectivity index (χ3n) is 2.57. The van der Waals surface area contributed by atoms with Gasteiger partial charge in [-0.25, -0.2) is 0 Å². The molecule has 0 radical (unpaired) electrons. The second-order valence-electron chi connectivity index (χ2n) is 3.22. The van der Waals surface area contributed by atoms with Gasteiger partial charge in [-0.15, -0.1) is 0 Å². The molecular formula is C9H19NO2. The van der Waals surface area contributed by atoms with Crippen molar-refractivity contribution in [1.29, 1.82) is 0 Å². The van der Waals surface area contributed by atoms with Crippen molar-refractivity contribution in [2.24, 2.45) is 0 Å². The molecule has 0 amide bonds. The van der Waals surface area contributed by atoms with Gasteiger partial charge in [0.1, 0.15) is 0 Å². The van der Waals surface area contributed by atoms with E-state index in [1.165, 1.54) is 0 Å². The third-order valence-corrected chi connectivity index (χ3v) is 2.57. The molecule has 1 aliphatic heterocycles. The van der Waals surface area contributed by atoms with E-state index in [9.17, 15) is 5.11 Å². The van der Waals surface area contributed by atoms with E-state index in [4.69, 9.17) is 4.74 Å². The van der Waals surface area contributed by atoms with Crippen molar-refractivity contribution in [2.75, 3.05) is 26.3 Å². The van der Waals surface area contributed by atoms with Crippen molar-refractivity contribution in [3.63, 3.8) is 0 Å². The number of likely N-dealkylation sites (N-methyl/N-ethyl adjacent to an activating group) is 1. The monoisotopic (exact) mass is 173 g/mol. The lowest BCUT2D eigenvalue weighted by Gasteiger charge is -2.36. The molecule has 0 spiro atoms. The van der Waals surface area contributed by atoms with Crippen LogP contribution in [0.15, 0.2) is 0 Å². The van der Waals surface area contributed by atoms with Crippen LogP contribution < -0.4 is 0 Å². The SMILES string of the molecule is CCN(CC)[C@@H]1COCC[C@H]1O. The lowest BCUT2D eigenvalue weighted by atomic mass is 10.1. The molecule has 0 aromatic carbocycles. The van der Waals surface area contributed by atoms with Gasteiger partial charge in [0, 0.05) is 6.61 Å². The fourth-order valence-electron chi connectivity index (χ4n) is 1.75. The lowest BCUT2D eigenvalue weighted by Crippen LogP contribution is -2.49. The molecule has 12 heavy (non-hydrogen) atoms. The quantitative estimate of drug-likeness (QED) is 0.673. The Labute approximate surface area is 74.3 Å². The summed E-state index contributed by atoms with van der Waals surface area (Å²) in [7, 11) is 0. The maximum absolute atomic E-state index is 9.68. The molecule has 0 unspecified atom stereocenters. The van der Waals surface area contributed by atoms with E-state index in [0.717, 1.165) is 19.5 Å². The number of hydrogen-bond donors (Lipinski definition) is 1. The number of hydrogen-bond acceptors (Lipinski definition) is 3. The first-order chi connectivity index (χ1) is 5.79. The van der Waals surface area contributed by atoms with Crippen molar-refractivity contribution in [3.05, 3.63) is 0 Å². The van der Waals surface area contributed by atoms with Gasteiger partial charge in [0.15, 0.2) is 0 Å². The summed E-state index contributed by atoms with van der Waals surface area (Å²) in [5, 5.41) is 9.68. The summed E-state index contributed by atoms with van der Waals surface area (Å²) in [6.07, 6.45) is 0.583. The highest BCUT2D eigenvalue weighted by molar-refractivity contribution is 4.80. The van der Waals surface area contributed by atoms with Gasteiger partial charge < -0.3 is 9.84 Å². The Bertz CT molecular complexity index is 126. The van der Waals surface area contributed by atoms with Crippen molar-refractivity contribution in [1.82, 2.24) is 4.90 Å². The fourth-order valence-corrected chi connectivity index (χ4v) is 1.75. The predicted octanol–water partition coefficient (Wildman–Crippen LogP) is 0.478. The first kappa shape index (κ1) is 9.96. The Kier molecular flexibility index (Phi) is 3.98. The highest BCUT2D eigenvalue weighted by Crippen LogP contribution is 2.13. The fraction of sp³-hybridized carbons (Fsp3) is 1.00. The maximum atomic E-state index is 9.68. The smallest absolute Gasteiger partial charge is 0.0739 e. The van der Waals surface area contributed by atoms with Gasteiger partial charge in [-0.2, -0.15) is 0 Å². The summed E-state index contributed by atoms with van der Waals surface area (Å²) >= 11 is 0. The van der Waals surface area contributed by atoms with Crippen LogP contribution in [0.2, 0.25) is 0 Å². The molecular weight excluding hydrogens is 154 g/mol. The Morgan fingerprint density at radius 3 is 2.58 bits per heavy atom. The van der Waals surface area contributed by atoms with E-state index in [1.807, 2.05) is 0 Å². The molecule has 0 aromatic rings. The molecule has 1 rings (SSSR count). The Balaban J connectivity index is 2.45. The number of aliphatic hydroxyl groups excluding tert-OH is 1. The third kappa shape index (κ3) is 2.19. The summed E-state index contributed by atoms with van der Waals surface area (Å²) in [5.74, 6) is 0. The average molecular weight is 173 g/mol. The van der Waals surface area contributed by atoms with E-state index < -0.39 is 0 Å². The lowest BCUT2D eigenvalue weighted by molar-refractivity contribution is -0.0586. The molecule has 0 aliphatic carbocycles. The summed E-state index contributed by atoms with van der Waals surface area (Å²) in [6.45, 7) is 7.60. The van der Waals surface area contributed by atoms with Crippen LogP contribution in [0.25, 0.3) is 0 Å². The minimum atomic E-state index is -0.196. The first-order valence-electron chi connectivity index (χ1n) is 4.79. The molecule has 1 fully saturated rings. The molecule has 72 valence electrons. The van der Waals surface area contributed by atoms with Crippen molar-refractivity contribution in [2.45, 2.75) is 32.4 Å². The van der Waals surface area contributed by atoms with E-state index in [1.54, 1.807) is 0 Å². The van der Waals surface area contributed by atoms with Gasteiger partial charge in [-0.3, -0.25) is 4.90 Å². The van der Waals surface area contributed by atoms with Crippen LogP contribution in [0.3, 0.4) is 0 Å². The number of ether oxygens (including phenoxy) is 1. The standard InChI is InChI=1S/C9H19NO2/c1-3-10(4-2)8-7-12-6-5-9(8)11/h8-9,11H,3-7H2,1-2H3/t8-,9-/m1/s1. The number of rotatable bonds is 3. The normalized spacial score (nSPS) is 31.0. The second-order valence-corrected chi connectivity index (χ2v) is 3.22. The van der Waals surface area contributed by atoms with Crippen LogP contribution >= 0.6 is 0 Å². The van der Waals surface area contributed by atoms with Gasteiger partial charge in [-0.1, -0.05) is 13.8 Å². The number of aliphatic hydroxyl groups is 1. The van der Waals surface area contributed by atoms with Crippen molar-refractivity contribution < 1.29 is 9.84 Å². The summed E-state index contributed by atoms with van der Waals surface area (Å²) in [4.78, 5) is 2.25. The largest absolute Gasteiger partial charge is 0.391 e. The summed E-state index contributed by atoms with van der Waals surface area (Å²) < 4.78 is 5.34. The molecule has 3 heteroatoms. The van der Waals surface area contributed by atoms with E-state index in [-0.39, 0.29) is 12.1 Å². The minimum Gasteiger partial charge on any atom is -0.391 e. The van der Waals surface area contributed by atoms with E-state index >= 15 is 0 Å². The van der Waals surface area contributed by atoms with E-state index in [0.29, 0.717) is 13.2 Å². The van der Waals surface area contributed by atoms with Crippen LogP contribution in [0, 0.1) is 0 Å². The zero-order valence-corrected chi connectivity index (χ0v) is 7.99. The Hall–Kier alpha value is -0.120. The van der Waals surface area contributed by atoms with Gasteiger partial charge in [0.05, 0.1) is 18.8 Å². The zero-order chi connectivity index (χ0) is 8.97. The molecule has 0 aromatic heterocycles. The topological polar surface area (TPSA) is 32.7 Å². The van der Waals surface area contributed by atoms with Gasteiger partial charge in [-0.05, 0) is 19.5 Å². The van der Waals surface area contributed by atoms with Crippen LogP contribution in [-0.2, 0) is 4.74 Å². The predicted molar refractivity (Wildman–Crippen MR) is 48.2 cm³/mol. The zero-order valence-electron chi connectivity index (χ0n) is 7.99. The molecule has 2 atom stereocenters. The molecule has 3 nitrogen and oxygen atoms in total. The Morgan fingerprint density at radius 1 is 1.42 bits per heavy atom. The first-order valence-corrected chi connectivity index (χ1v) is 4.79. The Morgan fingerprint density at radius 2 is 2.08 bits per heavy atom. The minimum absolute atomic E-state index is 0.196. The summed E-state index contributed by atoms with van der Waals surface area (Å²) in [6, 6.07) is 0.216. The molecule has 0 bridgehead atoms. The van der Waals surface area contributed by atoms with Crippen LogP contribution in [0.1, 0.15) is 20.3 Å². The molecule has 1 N–H and O–H groups in total. The highest BCUT2D eigenvalue weighted by atomic mass is 16.5. The highest BCUT2D eigenvalue weighted by Gasteiger charge is 2.27. The van der Waals surface area contributed by atoms with Gasteiger partial charge in [0.25, 0.3) is 0 Å². The molecule has 1 saturated heterocycles. The second kappa shape index (κ2) is 4.80. The van der Waals surface area contributed by atoms with Crippen LogP contribution in [-0.4, -0.2) is 48.5 Å². The number of nitrogens with zero attached hydrogens (tertiary/aromatic N) is 1.